The lowest BCUT2D eigenvalue weighted by molar-refractivity contribution is 0.992. The highest BCUT2D eigenvalue weighted by molar-refractivity contribution is 8.01. The summed E-state index contributed by atoms with van der Waals surface area (Å²) in [6.07, 6.45) is 0. The molecule has 2 aromatic rings. The van der Waals surface area contributed by atoms with Gasteiger partial charge in [0, 0.05) is 5.25 Å². The Morgan fingerprint density at radius 2 is 2.13 bits per heavy atom. The van der Waals surface area contributed by atoms with E-state index >= 15 is 0 Å². The van der Waals surface area contributed by atoms with Crippen molar-refractivity contribution in [1.29, 1.82) is 0 Å². The van der Waals surface area contributed by atoms with Gasteiger partial charge in [-0.1, -0.05) is 53.4 Å². The van der Waals surface area contributed by atoms with Gasteiger partial charge in [0.15, 0.2) is 8.29 Å². The molecule has 2 nitrogen and oxygen atoms in total. The first-order valence-corrected chi connectivity index (χ1v) is 6.63. The molecule has 0 amide bonds. The summed E-state index contributed by atoms with van der Waals surface area (Å²) in [6.45, 7) is 2.17. The minimum Gasteiger partial charge on any atom is -0.257 e. The van der Waals surface area contributed by atoms with Gasteiger partial charge >= 0.3 is 0 Å². The average molecular weight is 254 g/mol. The smallest absolute Gasteiger partial charge is 0.177 e. The number of nitrogens with zero attached hydrogens (tertiary/aromatic N) is 1. The molecular weight excluding hydrogens is 244 g/mol. The van der Waals surface area contributed by atoms with Crippen LogP contribution < -0.4 is 0 Å². The van der Waals surface area contributed by atoms with Gasteiger partial charge < -0.3 is 0 Å². The molecule has 0 aliphatic carbocycles. The summed E-state index contributed by atoms with van der Waals surface area (Å²) in [5.41, 5.74) is 1.31. The van der Waals surface area contributed by atoms with E-state index in [0.717, 1.165) is 8.29 Å². The number of hydrogen-bond donors (Lipinski definition) is 1. The van der Waals surface area contributed by atoms with Gasteiger partial charge in [0.1, 0.15) is 0 Å². The first-order chi connectivity index (χ1) is 7.25. The lowest BCUT2D eigenvalue weighted by Gasteiger charge is -2.08. The van der Waals surface area contributed by atoms with Gasteiger partial charge in [-0.15, -0.1) is 0 Å². The van der Waals surface area contributed by atoms with Gasteiger partial charge in [0.05, 0.1) is 0 Å². The Bertz CT molecular complexity index is 475. The first-order valence-electron chi connectivity index (χ1n) is 4.53. The third-order valence-corrected chi connectivity index (χ3v) is 4.31. The maximum atomic E-state index is 4.99. The Kier molecular flexibility index (Phi) is 3.56. The molecule has 78 valence electrons. The van der Waals surface area contributed by atoms with Crippen LogP contribution in [0.2, 0.25) is 0 Å². The van der Waals surface area contributed by atoms with Crippen LogP contribution in [0.5, 0.6) is 0 Å². The van der Waals surface area contributed by atoms with Crippen LogP contribution in [-0.4, -0.2) is 10.2 Å². The summed E-state index contributed by atoms with van der Waals surface area (Å²) in [7, 11) is 0. The molecule has 2 rings (SSSR count). The third kappa shape index (κ3) is 2.90. The minimum atomic E-state index is 0.403. The molecule has 0 aliphatic rings. The van der Waals surface area contributed by atoms with E-state index in [1.165, 1.54) is 16.9 Å². The third-order valence-electron chi connectivity index (χ3n) is 1.97. The van der Waals surface area contributed by atoms with Crippen LogP contribution in [0.4, 0.5) is 0 Å². The van der Waals surface area contributed by atoms with Gasteiger partial charge in [-0.3, -0.25) is 5.10 Å². The van der Waals surface area contributed by atoms with Gasteiger partial charge in [0.25, 0.3) is 0 Å². The molecular formula is C10H10N2S3. The molecule has 1 heterocycles. The number of aromatic nitrogens is 2. The SMILES string of the molecule is CC(Sc1n[nH]c(=S)s1)c1ccccc1. The van der Waals surface area contributed by atoms with E-state index in [2.05, 4.69) is 41.4 Å². The summed E-state index contributed by atoms with van der Waals surface area (Å²) in [6, 6.07) is 10.4. The zero-order valence-corrected chi connectivity index (χ0v) is 10.6. The summed E-state index contributed by atoms with van der Waals surface area (Å²) in [5, 5.41) is 7.32. The number of benzene rings is 1. The standard InChI is InChI=1S/C10H10N2S3/c1-7(8-5-3-2-4-6-8)14-10-12-11-9(13)15-10/h2-7H,1H3,(H,11,13). The molecule has 0 saturated carbocycles. The maximum absolute atomic E-state index is 4.99. The average Bonchev–Trinajstić information content (AvgIpc) is 2.65. The van der Waals surface area contributed by atoms with Crippen molar-refractivity contribution in [3.8, 4) is 0 Å². The lowest BCUT2D eigenvalue weighted by atomic mass is 10.2. The Labute approximate surface area is 102 Å². The number of thioether (sulfide) groups is 1. The molecule has 1 aromatic carbocycles. The van der Waals surface area contributed by atoms with Crippen molar-refractivity contribution in [2.24, 2.45) is 0 Å². The fraction of sp³-hybridized carbons (Fsp3) is 0.200. The van der Waals surface area contributed by atoms with E-state index < -0.39 is 0 Å². The Morgan fingerprint density at radius 1 is 1.40 bits per heavy atom. The van der Waals surface area contributed by atoms with Crippen molar-refractivity contribution in [3.05, 3.63) is 39.8 Å². The van der Waals surface area contributed by atoms with E-state index in [0.29, 0.717) is 5.25 Å². The molecule has 1 unspecified atom stereocenters. The number of rotatable bonds is 3. The summed E-state index contributed by atoms with van der Waals surface area (Å²) in [5.74, 6) is 0. The molecule has 0 aliphatic heterocycles. The zero-order valence-electron chi connectivity index (χ0n) is 8.14. The predicted molar refractivity (Wildman–Crippen MR) is 68.0 cm³/mol. The molecule has 0 fully saturated rings. The van der Waals surface area contributed by atoms with E-state index in [-0.39, 0.29) is 0 Å². The number of H-pyrrole nitrogens is 1. The number of aromatic amines is 1. The van der Waals surface area contributed by atoms with Crippen molar-refractivity contribution in [3.63, 3.8) is 0 Å². The Morgan fingerprint density at radius 3 is 2.73 bits per heavy atom. The Balaban J connectivity index is 2.10. The van der Waals surface area contributed by atoms with Crippen molar-refractivity contribution in [1.82, 2.24) is 10.2 Å². The quantitative estimate of drug-likeness (QED) is 0.661. The van der Waals surface area contributed by atoms with E-state index in [1.807, 2.05) is 6.07 Å². The van der Waals surface area contributed by atoms with E-state index in [4.69, 9.17) is 12.2 Å². The van der Waals surface area contributed by atoms with Crippen LogP contribution in [0, 0.1) is 3.95 Å². The van der Waals surface area contributed by atoms with E-state index in [9.17, 15) is 0 Å². The maximum Gasteiger partial charge on any atom is 0.177 e. The van der Waals surface area contributed by atoms with Crippen LogP contribution in [-0.2, 0) is 0 Å². The van der Waals surface area contributed by atoms with Crippen molar-refractivity contribution < 1.29 is 0 Å². The van der Waals surface area contributed by atoms with Crippen molar-refractivity contribution >= 4 is 35.3 Å². The van der Waals surface area contributed by atoms with Gasteiger partial charge in [-0.05, 0) is 24.7 Å². The molecule has 1 aromatic heterocycles. The molecule has 0 radical (unpaired) electrons. The molecule has 0 bridgehead atoms. The molecule has 0 saturated heterocycles. The highest BCUT2D eigenvalue weighted by Crippen LogP contribution is 2.35. The zero-order chi connectivity index (χ0) is 10.7. The topological polar surface area (TPSA) is 28.7 Å². The van der Waals surface area contributed by atoms with Crippen LogP contribution in [0.3, 0.4) is 0 Å². The highest BCUT2D eigenvalue weighted by Gasteiger charge is 2.08. The van der Waals surface area contributed by atoms with Crippen molar-refractivity contribution in [2.75, 3.05) is 0 Å². The van der Waals surface area contributed by atoms with Crippen LogP contribution >= 0.6 is 35.3 Å². The van der Waals surface area contributed by atoms with Gasteiger partial charge in [0.2, 0.25) is 0 Å². The fourth-order valence-electron chi connectivity index (χ4n) is 1.21. The summed E-state index contributed by atoms with van der Waals surface area (Å²) in [4.78, 5) is 0. The van der Waals surface area contributed by atoms with Gasteiger partial charge in [-0.2, -0.15) is 5.10 Å². The minimum absolute atomic E-state index is 0.403. The monoisotopic (exact) mass is 254 g/mol. The normalized spacial score (nSPS) is 12.6. The predicted octanol–water partition coefficient (Wildman–Crippen LogP) is 4.05. The molecule has 0 spiro atoms. The summed E-state index contributed by atoms with van der Waals surface area (Å²) < 4.78 is 1.73. The lowest BCUT2D eigenvalue weighted by Crippen LogP contribution is -1.86. The van der Waals surface area contributed by atoms with Crippen LogP contribution in [0.1, 0.15) is 17.7 Å². The van der Waals surface area contributed by atoms with Crippen molar-refractivity contribution in [2.45, 2.75) is 16.5 Å². The Hall–Kier alpha value is -0.650. The second-order valence-corrected chi connectivity index (χ2v) is 6.30. The molecule has 15 heavy (non-hydrogen) atoms. The summed E-state index contributed by atoms with van der Waals surface area (Å²) >= 11 is 8.24. The van der Waals surface area contributed by atoms with Crippen LogP contribution in [0.25, 0.3) is 0 Å². The molecule has 5 heteroatoms. The number of nitrogens with one attached hydrogen (secondary N) is 1. The second kappa shape index (κ2) is 4.92. The van der Waals surface area contributed by atoms with Gasteiger partial charge in [-0.25, -0.2) is 0 Å². The molecule has 1 N–H and O–H groups in total. The largest absolute Gasteiger partial charge is 0.257 e. The number of hydrogen-bond acceptors (Lipinski definition) is 4. The van der Waals surface area contributed by atoms with E-state index in [1.54, 1.807) is 11.8 Å². The molecule has 1 atom stereocenters. The fourth-order valence-corrected chi connectivity index (χ4v) is 3.56. The highest BCUT2D eigenvalue weighted by atomic mass is 32.2. The van der Waals surface area contributed by atoms with Crippen LogP contribution in [0.15, 0.2) is 34.7 Å². The first kappa shape index (κ1) is 10.9. The second-order valence-electron chi connectivity index (χ2n) is 3.05.